The summed E-state index contributed by atoms with van der Waals surface area (Å²) < 4.78 is 5.55. The molecule has 1 aliphatic heterocycles. The lowest BCUT2D eigenvalue weighted by molar-refractivity contribution is 0.325. The van der Waals surface area contributed by atoms with E-state index in [0.717, 1.165) is 32.5 Å². The number of anilines is 1. The summed E-state index contributed by atoms with van der Waals surface area (Å²) in [6.45, 7) is 5.31. The molecule has 0 aliphatic carbocycles. The van der Waals surface area contributed by atoms with E-state index in [1.165, 1.54) is 0 Å². The lowest BCUT2D eigenvalue weighted by atomic mass is 10.2. The first-order valence-corrected chi connectivity index (χ1v) is 6.61. The van der Waals surface area contributed by atoms with Crippen LogP contribution in [0.2, 0.25) is 0 Å². The van der Waals surface area contributed by atoms with Gasteiger partial charge in [-0.3, -0.25) is 0 Å². The topological polar surface area (TPSA) is 45.4 Å². The highest BCUT2D eigenvalue weighted by Crippen LogP contribution is 2.21. The number of aromatic nitrogens is 2. The Morgan fingerprint density at radius 1 is 1.41 bits per heavy atom. The molecule has 1 aromatic rings. The molecule has 1 unspecified atom stereocenters. The molecule has 1 saturated heterocycles. The van der Waals surface area contributed by atoms with Crippen molar-refractivity contribution in [3.8, 4) is 0 Å². The quantitative estimate of drug-likeness (QED) is 0.773. The Morgan fingerprint density at radius 3 is 2.88 bits per heavy atom. The van der Waals surface area contributed by atoms with Gasteiger partial charge in [-0.05, 0) is 26.4 Å². The fraction of sp³-hybridized carbons (Fsp3) is 0.818. The third kappa shape index (κ3) is 2.90. The Kier molecular flexibility index (Phi) is 4.23. The van der Waals surface area contributed by atoms with Crippen LogP contribution >= 0.6 is 11.6 Å². The van der Waals surface area contributed by atoms with E-state index >= 15 is 0 Å². The summed E-state index contributed by atoms with van der Waals surface area (Å²) in [6.07, 6.45) is 2.19. The first-order chi connectivity index (χ1) is 8.24. The van der Waals surface area contributed by atoms with Gasteiger partial charge in [0, 0.05) is 19.1 Å². The molecule has 1 fully saturated rings. The van der Waals surface area contributed by atoms with Gasteiger partial charge in [-0.1, -0.05) is 12.0 Å². The van der Waals surface area contributed by atoms with Gasteiger partial charge in [-0.15, -0.1) is 16.7 Å². The van der Waals surface area contributed by atoms with Gasteiger partial charge >= 0.3 is 6.01 Å². The molecule has 0 spiro atoms. The molecule has 0 amide bonds. The standard InChI is InChI=1S/C11H19ClN4O/c1-3-9-8-15(2)5-4-6-16(9)11-14-13-10(7-12)17-11/h9H,3-8H2,1-2H3. The number of nitrogens with zero attached hydrogens (tertiary/aromatic N) is 4. The normalized spacial score (nSPS) is 22.8. The predicted molar refractivity (Wildman–Crippen MR) is 67.4 cm³/mol. The number of hydrogen-bond donors (Lipinski definition) is 0. The first kappa shape index (κ1) is 12.6. The van der Waals surface area contributed by atoms with E-state index in [1.54, 1.807) is 0 Å². The third-order valence-electron chi connectivity index (χ3n) is 3.19. The zero-order valence-corrected chi connectivity index (χ0v) is 11.2. The molecule has 0 N–H and O–H groups in total. The average Bonchev–Trinajstić information content (AvgIpc) is 2.73. The molecule has 5 nitrogen and oxygen atoms in total. The minimum Gasteiger partial charge on any atom is -0.407 e. The Labute approximate surface area is 107 Å². The second kappa shape index (κ2) is 5.69. The third-order valence-corrected chi connectivity index (χ3v) is 3.42. The number of alkyl halides is 1. The van der Waals surface area contributed by atoms with Crippen LogP contribution in [-0.4, -0.2) is 47.8 Å². The summed E-state index contributed by atoms with van der Waals surface area (Å²) in [5, 5.41) is 8.01. The molecule has 0 aromatic carbocycles. The van der Waals surface area contributed by atoms with Crippen LogP contribution in [0.15, 0.2) is 4.42 Å². The largest absolute Gasteiger partial charge is 0.407 e. The van der Waals surface area contributed by atoms with E-state index in [1.807, 2.05) is 0 Å². The van der Waals surface area contributed by atoms with Crippen molar-refractivity contribution >= 4 is 17.6 Å². The van der Waals surface area contributed by atoms with E-state index in [-0.39, 0.29) is 5.88 Å². The molecule has 6 heteroatoms. The minimum atomic E-state index is 0.275. The van der Waals surface area contributed by atoms with Crippen LogP contribution < -0.4 is 4.90 Å². The molecule has 0 radical (unpaired) electrons. The van der Waals surface area contributed by atoms with Crippen LogP contribution in [0.25, 0.3) is 0 Å². The van der Waals surface area contributed by atoms with Crippen molar-refractivity contribution in [1.29, 1.82) is 0 Å². The molecule has 1 aromatic heterocycles. The summed E-state index contributed by atoms with van der Waals surface area (Å²) >= 11 is 5.68. The number of halogens is 1. The molecule has 1 atom stereocenters. The highest BCUT2D eigenvalue weighted by Gasteiger charge is 2.25. The van der Waals surface area contributed by atoms with Gasteiger partial charge in [0.2, 0.25) is 5.89 Å². The van der Waals surface area contributed by atoms with Gasteiger partial charge < -0.3 is 14.2 Å². The van der Waals surface area contributed by atoms with Gasteiger partial charge in [0.15, 0.2) is 0 Å². The highest BCUT2D eigenvalue weighted by atomic mass is 35.5. The monoisotopic (exact) mass is 258 g/mol. The fourth-order valence-corrected chi connectivity index (χ4v) is 2.37. The maximum atomic E-state index is 5.68. The molecule has 1 aliphatic rings. The average molecular weight is 259 g/mol. The molecule has 2 heterocycles. The predicted octanol–water partition coefficient (Wildman–Crippen LogP) is 1.73. The summed E-state index contributed by atoms with van der Waals surface area (Å²) in [4.78, 5) is 4.57. The van der Waals surface area contributed by atoms with E-state index < -0.39 is 0 Å². The van der Waals surface area contributed by atoms with Crippen LogP contribution in [0.4, 0.5) is 6.01 Å². The van der Waals surface area contributed by atoms with Gasteiger partial charge in [0.25, 0.3) is 0 Å². The van der Waals surface area contributed by atoms with Crippen LogP contribution in [0.5, 0.6) is 0 Å². The van der Waals surface area contributed by atoms with E-state index in [4.69, 9.17) is 16.0 Å². The minimum absolute atomic E-state index is 0.275. The van der Waals surface area contributed by atoms with E-state index in [0.29, 0.717) is 17.9 Å². The second-order valence-corrected chi connectivity index (χ2v) is 4.75. The SMILES string of the molecule is CCC1CN(C)CCCN1c1nnc(CCl)o1. The van der Waals surface area contributed by atoms with Crippen molar-refractivity contribution in [2.75, 3.05) is 31.6 Å². The molecule has 17 heavy (non-hydrogen) atoms. The molecule has 0 saturated carbocycles. The van der Waals surface area contributed by atoms with Gasteiger partial charge in [0.1, 0.15) is 5.88 Å². The molecule has 0 bridgehead atoms. The van der Waals surface area contributed by atoms with E-state index in [9.17, 15) is 0 Å². The van der Waals surface area contributed by atoms with Crippen molar-refractivity contribution in [2.24, 2.45) is 0 Å². The Bertz CT molecular complexity index is 357. The smallest absolute Gasteiger partial charge is 0.318 e. The van der Waals surface area contributed by atoms with Gasteiger partial charge in [0.05, 0.1) is 0 Å². The number of likely N-dealkylation sites (N-methyl/N-ethyl adjacent to an activating group) is 1. The molecule has 96 valence electrons. The molecule has 2 rings (SSSR count). The van der Waals surface area contributed by atoms with Crippen molar-refractivity contribution < 1.29 is 4.42 Å². The highest BCUT2D eigenvalue weighted by molar-refractivity contribution is 6.16. The Balaban J connectivity index is 2.15. The zero-order chi connectivity index (χ0) is 12.3. The van der Waals surface area contributed by atoms with E-state index in [2.05, 4.69) is 34.0 Å². The lowest BCUT2D eigenvalue weighted by Gasteiger charge is -2.28. The van der Waals surface area contributed by atoms with Crippen molar-refractivity contribution in [2.45, 2.75) is 31.7 Å². The maximum Gasteiger partial charge on any atom is 0.318 e. The fourth-order valence-electron chi connectivity index (χ4n) is 2.26. The number of rotatable bonds is 3. The van der Waals surface area contributed by atoms with Gasteiger partial charge in [-0.2, -0.15) is 0 Å². The molecular formula is C11H19ClN4O. The Hall–Kier alpha value is -0.810. The van der Waals surface area contributed by atoms with Crippen LogP contribution in [-0.2, 0) is 5.88 Å². The van der Waals surface area contributed by atoms with Crippen molar-refractivity contribution in [1.82, 2.24) is 15.1 Å². The Morgan fingerprint density at radius 2 is 2.24 bits per heavy atom. The summed E-state index contributed by atoms with van der Waals surface area (Å²) in [7, 11) is 2.16. The van der Waals surface area contributed by atoms with Crippen LogP contribution in [0.3, 0.4) is 0 Å². The summed E-state index contributed by atoms with van der Waals surface area (Å²) in [5.74, 6) is 0.770. The summed E-state index contributed by atoms with van der Waals surface area (Å²) in [5.41, 5.74) is 0. The van der Waals surface area contributed by atoms with Crippen LogP contribution in [0, 0.1) is 0 Å². The van der Waals surface area contributed by atoms with Crippen molar-refractivity contribution in [3.05, 3.63) is 5.89 Å². The lowest BCUT2D eigenvalue weighted by Crippen LogP contribution is -2.40. The zero-order valence-electron chi connectivity index (χ0n) is 10.4. The summed E-state index contributed by atoms with van der Waals surface area (Å²) in [6, 6.07) is 1.05. The van der Waals surface area contributed by atoms with Crippen molar-refractivity contribution in [3.63, 3.8) is 0 Å². The number of hydrogen-bond acceptors (Lipinski definition) is 5. The second-order valence-electron chi connectivity index (χ2n) is 4.48. The van der Waals surface area contributed by atoms with Crippen LogP contribution in [0.1, 0.15) is 25.7 Å². The maximum absolute atomic E-state index is 5.68. The first-order valence-electron chi connectivity index (χ1n) is 6.08. The van der Waals surface area contributed by atoms with Gasteiger partial charge in [-0.25, -0.2) is 0 Å². The molecular weight excluding hydrogens is 240 g/mol.